The zero-order chi connectivity index (χ0) is 9.84. The van der Waals surface area contributed by atoms with Crippen molar-refractivity contribution in [1.29, 1.82) is 5.41 Å². The molecular weight excluding hydrogens is 184 g/mol. The molecular formula is C8H14N4S. The molecule has 5 heteroatoms. The number of rotatable bonds is 4. The average molecular weight is 198 g/mol. The Hall–Kier alpha value is -0.970. The van der Waals surface area contributed by atoms with Gasteiger partial charge in [0.15, 0.2) is 0 Å². The number of aromatic nitrogens is 2. The van der Waals surface area contributed by atoms with Crippen LogP contribution in [0.5, 0.6) is 0 Å². The van der Waals surface area contributed by atoms with Gasteiger partial charge in [-0.05, 0) is 13.0 Å². The highest BCUT2D eigenvalue weighted by molar-refractivity contribution is 7.99. The Kier molecular flexibility index (Phi) is 3.36. The van der Waals surface area contributed by atoms with E-state index < -0.39 is 0 Å². The molecule has 0 radical (unpaired) electrons. The third-order valence-electron chi connectivity index (χ3n) is 1.58. The van der Waals surface area contributed by atoms with Crippen LogP contribution in [0.15, 0.2) is 11.1 Å². The molecule has 1 aromatic rings. The summed E-state index contributed by atoms with van der Waals surface area (Å²) in [5.74, 6) is 1.08. The predicted molar refractivity (Wildman–Crippen MR) is 55.2 cm³/mol. The van der Waals surface area contributed by atoms with Crippen molar-refractivity contribution in [2.75, 3.05) is 5.75 Å². The van der Waals surface area contributed by atoms with Crippen molar-refractivity contribution in [3.63, 3.8) is 0 Å². The fourth-order valence-electron chi connectivity index (χ4n) is 0.988. The topological polar surface area (TPSA) is 67.7 Å². The maximum Gasteiger partial charge on any atom is 0.0939 e. The van der Waals surface area contributed by atoms with Crippen LogP contribution >= 0.6 is 11.8 Å². The van der Waals surface area contributed by atoms with Gasteiger partial charge in [0.05, 0.1) is 16.6 Å². The van der Waals surface area contributed by atoms with Crippen molar-refractivity contribution >= 4 is 17.6 Å². The molecule has 0 spiro atoms. The molecule has 3 N–H and O–H groups in total. The molecule has 1 rings (SSSR count). The van der Waals surface area contributed by atoms with Crippen molar-refractivity contribution in [2.24, 2.45) is 12.8 Å². The Balaban J connectivity index is 2.45. The molecule has 0 aliphatic heterocycles. The predicted octanol–water partition coefficient (Wildman–Crippen LogP) is 1.15. The number of nitrogens with zero attached hydrogens (tertiary/aromatic N) is 2. The second kappa shape index (κ2) is 4.32. The zero-order valence-electron chi connectivity index (χ0n) is 7.87. The molecule has 0 aromatic carbocycles. The third kappa shape index (κ3) is 3.10. The second-order valence-electron chi connectivity index (χ2n) is 2.87. The van der Waals surface area contributed by atoms with E-state index in [1.165, 1.54) is 0 Å². The van der Waals surface area contributed by atoms with Crippen molar-refractivity contribution in [1.82, 2.24) is 9.78 Å². The first-order valence-corrected chi connectivity index (χ1v) is 5.04. The standard InChI is InChI=1S/C8H14N4S/c1-6-5-8(12(2)11-6)13-4-3-7(9)10/h5H,3-4H2,1-2H3,(H3,9,10). The van der Waals surface area contributed by atoms with E-state index in [4.69, 9.17) is 11.1 Å². The average Bonchev–Trinajstić information content (AvgIpc) is 2.29. The fourth-order valence-corrected chi connectivity index (χ4v) is 2.00. The number of nitrogens with one attached hydrogen (secondary N) is 1. The van der Waals surface area contributed by atoms with Gasteiger partial charge in [0, 0.05) is 19.2 Å². The van der Waals surface area contributed by atoms with Crippen LogP contribution in [-0.4, -0.2) is 21.4 Å². The number of thioether (sulfide) groups is 1. The Bertz CT molecular complexity index is 305. The van der Waals surface area contributed by atoms with E-state index in [1.807, 2.05) is 24.7 Å². The quantitative estimate of drug-likeness (QED) is 0.433. The smallest absolute Gasteiger partial charge is 0.0939 e. The Morgan fingerprint density at radius 3 is 2.92 bits per heavy atom. The first-order valence-electron chi connectivity index (χ1n) is 4.06. The number of hydrogen-bond donors (Lipinski definition) is 2. The van der Waals surface area contributed by atoms with E-state index in [0.717, 1.165) is 16.5 Å². The van der Waals surface area contributed by atoms with Crippen LogP contribution in [-0.2, 0) is 7.05 Å². The molecule has 0 fully saturated rings. The van der Waals surface area contributed by atoms with E-state index >= 15 is 0 Å². The monoisotopic (exact) mass is 198 g/mol. The maximum absolute atomic E-state index is 7.06. The van der Waals surface area contributed by atoms with E-state index in [0.29, 0.717) is 6.42 Å². The molecule has 0 bridgehead atoms. The van der Waals surface area contributed by atoms with Gasteiger partial charge in [-0.15, -0.1) is 11.8 Å². The summed E-state index contributed by atoms with van der Waals surface area (Å²) >= 11 is 1.68. The normalized spacial score (nSPS) is 10.3. The molecule has 0 saturated heterocycles. The molecule has 0 amide bonds. The highest BCUT2D eigenvalue weighted by atomic mass is 32.2. The highest BCUT2D eigenvalue weighted by Crippen LogP contribution is 2.18. The van der Waals surface area contributed by atoms with Crippen LogP contribution in [0.3, 0.4) is 0 Å². The van der Waals surface area contributed by atoms with Gasteiger partial charge in [-0.3, -0.25) is 10.1 Å². The van der Waals surface area contributed by atoms with Gasteiger partial charge < -0.3 is 5.73 Å². The van der Waals surface area contributed by atoms with Gasteiger partial charge in [0.25, 0.3) is 0 Å². The fraction of sp³-hybridized carbons (Fsp3) is 0.500. The van der Waals surface area contributed by atoms with Gasteiger partial charge >= 0.3 is 0 Å². The third-order valence-corrected chi connectivity index (χ3v) is 2.67. The van der Waals surface area contributed by atoms with Gasteiger partial charge in [-0.2, -0.15) is 5.10 Å². The van der Waals surface area contributed by atoms with Crippen LogP contribution in [0.25, 0.3) is 0 Å². The van der Waals surface area contributed by atoms with Crippen molar-refractivity contribution in [2.45, 2.75) is 18.4 Å². The lowest BCUT2D eigenvalue weighted by Crippen LogP contribution is -2.10. The summed E-state index contributed by atoms with van der Waals surface area (Å²) in [7, 11) is 1.92. The molecule has 1 aromatic heterocycles. The van der Waals surface area contributed by atoms with Crippen molar-refractivity contribution in [3.05, 3.63) is 11.8 Å². The Morgan fingerprint density at radius 1 is 1.77 bits per heavy atom. The molecule has 0 aliphatic carbocycles. The SMILES string of the molecule is Cc1cc(SCCC(=N)N)n(C)n1. The largest absolute Gasteiger partial charge is 0.388 e. The lowest BCUT2D eigenvalue weighted by molar-refractivity contribution is 0.692. The molecule has 0 unspecified atom stereocenters. The molecule has 0 aliphatic rings. The van der Waals surface area contributed by atoms with Gasteiger partial charge in [0.2, 0.25) is 0 Å². The Morgan fingerprint density at radius 2 is 2.46 bits per heavy atom. The number of nitrogens with two attached hydrogens (primary N) is 1. The molecule has 1 heterocycles. The van der Waals surface area contributed by atoms with Crippen molar-refractivity contribution in [3.8, 4) is 0 Å². The number of aryl methyl sites for hydroxylation is 2. The summed E-state index contributed by atoms with van der Waals surface area (Å²) in [5, 5.41) is 12.4. The second-order valence-corrected chi connectivity index (χ2v) is 3.99. The van der Waals surface area contributed by atoms with Crippen LogP contribution in [0.2, 0.25) is 0 Å². The van der Waals surface area contributed by atoms with E-state index in [1.54, 1.807) is 11.8 Å². The molecule has 0 atom stereocenters. The molecule has 0 saturated carbocycles. The number of amidine groups is 1. The van der Waals surface area contributed by atoms with Crippen LogP contribution in [0.4, 0.5) is 0 Å². The van der Waals surface area contributed by atoms with Crippen LogP contribution in [0, 0.1) is 12.3 Å². The lowest BCUT2D eigenvalue weighted by Gasteiger charge is -1.99. The zero-order valence-corrected chi connectivity index (χ0v) is 8.69. The summed E-state index contributed by atoms with van der Waals surface area (Å²) in [6, 6.07) is 2.03. The summed E-state index contributed by atoms with van der Waals surface area (Å²) in [5.41, 5.74) is 6.27. The van der Waals surface area contributed by atoms with Crippen molar-refractivity contribution < 1.29 is 0 Å². The van der Waals surface area contributed by atoms with E-state index in [2.05, 4.69) is 5.10 Å². The summed E-state index contributed by atoms with van der Waals surface area (Å²) in [4.78, 5) is 0. The van der Waals surface area contributed by atoms with Gasteiger partial charge in [-0.1, -0.05) is 0 Å². The minimum atomic E-state index is 0.242. The first kappa shape index (κ1) is 10.1. The van der Waals surface area contributed by atoms with Gasteiger partial charge in [0.1, 0.15) is 0 Å². The minimum Gasteiger partial charge on any atom is -0.388 e. The van der Waals surface area contributed by atoms with Gasteiger partial charge in [-0.25, -0.2) is 0 Å². The summed E-state index contributed by atoms with van der Waals surface area (Å²) < 4.78 is 1.85. The number of hydrogen-bond acceptors (Lipinski definition) is 3. The summed E-state index contributed by atoms with van der Waals surface area (Å²) in [6.45, 7) is 1.97. The minimum absolute atomic E-state index is 0.242. The highest BCUT2D eigenvalue weighted by Gasteiger charge is 2.02. The van der Waals surface area contributed by atoms with Crippen LogP contribution in [0.1, 0.15) is 12.1 Å². The lowest BCUT2D eigenvalue weighted by atomic mass is 10.5. The molecule has 72 valence electrons. The maximum atomic E-state index is 7.06. The molecule has 4 nitrogen and oxygen atoms in total. The van der Waals surface area contributed by atoms with Crippen LogP contribution < -0.4 is 5.73 Å². The Labute approximate surface area is 82.0 Å². The summed E-state index contributed by atoms with van der Waals surface area (Å²) in [6.07, 6.45) is 0.634. The van der Waals surface area contributed by atoms with E-state index in [9.17, 15) is 0 Å². The first-order chi connectivity index (χ1) is 6.09. The molecule has 13 heavy (non-hydrogen) atoms. The van der Waals surface area contributed by atoms with E-state index in [-0.39, 0.29) is 5.84 Å².